The third-order valence-corrected chi connectivity index (χ3v) is 4.90. The van der Waals surface area contributed by atoms with Gasteiger partial charge in [-0.3, -0.25) is 5.01 Å². The summed E-state index contributed by atoms with van der Waals surface area (Å²) in [7, 11) is 1.63. The van der Waals surface area contributed by atoms with Gasteiger partial charge in [-0.15, -0.1) is 0 Å². The molecule has 0 aliphatic carbocycles. The van der Waals surface area contributed by atoms with Crippen molar-refractivity contribution in [1.29, 1.82) is 0 Å². The van der Waals surface area contributed by atoms with E-state index in [1.54, 1.807) is 7.11 Å². The van der Waals surface area contributed by atoms with E-state index in [4.69, 9.17) is 32.9 Å². The molecule has 29 heavy (non-hydrogen) atoms. The average Bonchev–Trinajstić information content (AvgIpc) is 2.69. The molecule has 7 heteroatoms. The van der Waals surface area contributed by atoms with Gasteiger partial charge in [-0.1, -0.05) is 50.6 Å². The summed E-state index contributed by atoms with van der Waals surface area (Å²) < 4.78 is 5.25. The SMILES string of the molecule is COc1ccc(-c2nc(C(C)(C)C)nc(N(N)Cc3ccccc3Cl)c2N)cc1. The van der Waals surface area contributed by atoms with E-state index in [1.165, 1.54) is 5.01 Å². The molecular formula is C22H26ClN5O. The minimum atomic E-state index is -0.283. The second-order valence-corrected chi connectivity index (χ2v) is 8.24. The van der Waals surface area contributed by atoms with Crippen molar-refractivity contribution in [2.75, 3.05) is 17.9 Å². The minimum Gasteiger partial charge on any atom is -0.497 e. The summed E-state index contributed by atoms with van der Waals surface area (Å²) in [6, 6.07) is 15.1. The molecule has 0 aliphatic rings. The van der Waals surface area contributed by atoms with E-state index < -0.39 is 0 Å². The Morgan fingerprint density at radius 3 is 2.28 bits per heavy atom. The highest BCUT2D eigenvalue weighted by Gasteiger charge is 2.24. The molecule has 0 fully saturated rings. The molecule has 2 aromatic carbocycles. The minimum absolute atomic E-state index is 0.283. The number of anilines is 2. The van der Waals surface area contributed by atoms with Crippen LogP contribution < -0.4 is 21.3 Å². The Morgan fingerprint density at radius 1 is 1.03 bits per heavy atom. The van der Waals surface area contributed by atoms with Gasteiger partial charge in [-0.2, -0.15) is 0 Å². The number of methoxy groups -OCH3 is 1. The van der Waals surface area contributed by atoms with E-state index >= 15 is 0 Å². The molecule has 0 radical (unpaired) electrons. The molecule has 0 saturated heterocycles. The third kappa shape index (κ3) is 4.60. The monoisotopic (exact) mass is 411 g/mol. The number of hydrazine groups is 1. The number of nitrogens with zero attached hydrogens (tertiary/aromatic N) is 3. The topological polar surface area (TPSA) is 90.3 Å². The Bertz CT molecular complexity index is 999. The molecule has 0 saturated carbocycles. The zero-order valence-electron chi connectivity index (χ0n) is 17.1. The van der Waals surface area contributed by atoms with E-state index in [2.05, 4.69) is 25.8 Å². The highest BCUT2D eigenvalue weighted by atomic mass is 35.5. The van der Waals surface area contributed by atoms with Gasteiger partial charge in [0.25, 0.3) is 0 Å². The molecule has 1 aromatic heterocycles. The van der Waals surface area contributed by atoms with Crippen LogP contribution in [0.1, 0.15) is 32.2 Å². The molecule has 3 aromatic rings. The number of nitrogens with two attached hydrogens (primary N) is 2. The lowest BCUT2D eigenvalue weighted by Gasteiger charge is -2.25. The number of rotatable bonds is 5. The van der Waals surface area contributed by atoms with Crippen molar-refractivity contribution in [1.82, 2.24) is 9.97 Å². The number of halogens is 1. The van der Waals surface area contributed by atoms with Gasteiger partial charge in [0, 0.05) is 16.0 Å². The number of hydrogen-bond acceptors (Lipinski definition) is 6. The quantitative estimate of drug-likeness (QED) is 0.472. The van der Waals surface area contributed by atoms with Crippen molar-refractivity contribution in [2.45, 2.75) is 32.7 Å². The van der Waals surface area contributed by atoms with E-state index in [0.29, 0.717) is 34.6 Å². The molecule has 0 amide bonds. The Kier molecular flexibility index (Phi) is 5.96. The van der Waals surface area contributed by atoms with Crippen molar-refractivity contribution in [3.63, 3.8) is 0 Å². The summed E-state index contributed by atoms with van der Waals surface area (Å²) in [5.74, 6) is 8.27. The second kappa shape index (κ2) is 8.27. The lowest BCUT2D eigenvalue weighted by molar-refractivity contribution is 0.415. The predicted molar refractivity (Wildman–Crippen MR) is 119 cm³/mol. The summed E-state index contributed by atoms with van der Waals surface area (Å²) in [5.41, 5.74) is 9.00. The van der Waals surface area contributed by atoms with Crippen LogP contribution in [0.3, 0.4) is 0 Å². The highest BCUT2D eigenvalue weighted by molar-refractivity contribution is 6.31. The fourth-order valence-corrected chi connectivity index (χ4v) is 3.06. The van der Waals surface area contributed by atoms with Crippen LogP contribution in [-0.4, -0.2) is 17.1 Å². The Morgan fingerprint density at radius 2 is 1.69 bits per heavy atom. The lowest BCUT2D eigenvalue weighted by atomic mass is 9.95. The summed E-state index contributed by atoms with van der Waals surface area (Å²) >= 11 is 6.30. The maximum absolute atomic E-state index is 6.48. The van der Waals surface area contributed by atoms with Gasteiger partial charge in [-0.25, -0.2) is 15.8 Å². The van der Waals surface area contributed by atoms with Crippen molar-refractivity contribution in [3.05, 3.63) is 64.9 Å². The fraction of sp³-hybridized carbons (Fsp3) is 0.273. The van der Waals surface area contributed by atoms with E-state index in [1.807, 2.05) is 48.5 Å². The van der Waals surface area contributed by atoms with Gasteiger partial charge in [0.1, 0.15) is 17.3 Å². The van der Waals surface area contributed by atoms with Gasteiger partial charge < -0.3 is 10.5 Å². The molecule has 0 unspecified atom stereocenters. The van der Waals surface area contributed by atoms with Crippen LogP contribution in [0.4, 0.5) is 11.5 Å². The zero-order chi connectivity index (χ0) is 21.2. The van der Waals surface area contributed by atoms with E-state index in [-0.39, 0.29) is 5.41 Å². The van der Waals surface area contributed by atoms with Gasteiger partial charge in [0.15, 0.2) is 5.82 Å². The first-order valence-corrected chi connectivity index (χ1v) is 9.66. The second-order valence-electron chi connectivity index (χ2n) is 7.83. The highest BCUT2D eigenvalue weighted by Crippen LogP contribution is 2.34. The number of benzene rings is 2. The molecule has 0 atom stereocenters. The number of aromatic nitrogens is 2. The van der Waals surface area contributed by atoms with Gasteiger partial charge in [0.05, 0.1) is 19.3 Å². The molecule has 1 heterocycles. The first kappa shape index (κ1) is 20.9. The molecule has 0 spiro atoms. The Labute approximate surface area is 176 Å². The third-order valence-electron chi connectivity index (χ3n) is 4.53. The predicted octanol–water partition coefficient (Wildman–Crippen LogP) is 4.57. The molecule has 6 nitrogen and oxygen atoms in total. The summed E-state index contributed by atoms with van der Waals surface area (Å²) in [6.45, 7) is 6.52. The van der Waals surface area contributed by atoms with Crippen molar-refractivity contribution >= 4 is 23.1 Å². The van der Waals surface area contributed by atoms with Gasteiger partial charge in [-0.05, 0) is 35.9 Å². The van der Waals surface area contributed by atoms with E-state index in [0.717, 1.165) is 16.9 Å². The Balaban J connectivity index is 2.09. The van der Waals surface area contributed by atoms with Crippen LogP contribution in [0.25, 0.3) is 11.3 Å². The van der Waals surface area contributed by atoms with Crippen LogP contribution in [0, 0.1) is 0 Å². The van der Waals surface area contributed by atoms with Gasteiger partial charge >= 0.3 is 0 Å². The first-order chi connectivity index (χ1) is 13.7. The van der Waals surface area contributed by atoms with Crippen LogP contribution in [0.2, 0.25) is 5.02 Å². The Hall–Kier alpha value is -2.83. The molecule has 0 aliphatic heterocycles. The van der Waals surface area contributed by atoms with E-state index in [9.17, 15) is 0 Å². The fourth-order valence-electron chi connectivity index (χ4n) is 2.87. The van der Waals surface area contributed by atoms with Gasteiger partial charge in [0.2, 0.25) is 0 Å². The van der Waals surface area contributed by atoms with Crippen molar-refractivity contribution in [3.8, 4) is 17.0 Å². The van der Waals surface area contributed by atoms with Crippen LogP contribution in [0.15, 0.2) is 48.5 Å². The number of nitrogen functional groups attached to an aromatic ring is 1. The summed E-state index contributed by atoms with van der Waals surface area (Å²) in [6.07, 6.45) is 0. The average molecular weight is 412 g/mol. The smallest absolute Gasteiger partial charge is 0.170 e. The van der Waals surface area contributed by atoms with Crippen LogP contribution in [-0.2, 0) is 12.0 Å². The van der Waals surface area contributed by atoms with Crippen molar-refractivity contribution in [2.24, 2.45) is 5.84 Å². The maximum Gasteiger partial charge on any atom is 0.170 e. The molecule has 152 valence electrons. The van der Waals surface area contributed by atoms with Crippen LogP contribution >= 0.6 is 11.6 Å². The number of hydrogen-bond donors (Lipinski definition) is 2. The lowest BCUT2D eigenvalue weighted by Crippen LogP contribution is -2.33. The molecular weight excluding hydrogens is 386 g/mol. The van der Waals surface area contributed by atoms with Crippen LogP contribution in [0.5, 0.6) is 5.75 Å². The summed E-state index contributed by atoms with van der Waals surface area (Å²) in [5, 5.41) is 2.16. The largest absolute Gasteiger partial charge is 0.497 e. The zero-order valence-corrected chi connectivity index (χ0v) is 17.9. The molecule has 4 N–H and O–H groups in total. The molecule has 0 bridgehead atoms. The summed E-state index contributed by atoms with van der Waals surface area (Å²) in [4.78, 5) is 9.44. The normalized spacial score (nSPS) is 11.4. The maximum atomic E-state index is 6.48. The first-order valence-electron chi connectivity index (χ1n) is 9.28. The van der Waals surface area contributed by atoms with Crippen molar-refractivity contribution < 1.29 is 4.74 Å². The molecule has 3 rings (SSSR count). The number of ether oxygens (including phenoxy) is 1. The standard InChI is InChI=1S/C22H26ClN5O/c1-22(2,3)21-26-19(14-9-11-16(29-4)12-10-14)18(24)20(27-21)28(25)13-15-7-5-6-8-17(15)23/h5-12H,13,24-25H2,1-4H3.